The summed E-state index contributed by atoms with van der Waals surface area (Å²) in [4.78, 5) is 10.3. The molecule has 0 aliphatic carbocycles. The van der Waals surface area contributed by atoms with Gasteiger partial charge in [0.25, 0.3) is 0 Å². The summed E-state index contributed by atoms with van der Waals surface area (Å²) < 4.78 is 1.86. The topological polar surface area (TPSA) is 75.6 Å². The first-order valence-electron chi connectivity index (χ1n) is 4.12. The monoisotopic (exact) mass is 221 g/mol. The van der Waals surface area contributed by atoms with Crippen LogP contribution in [0.4, 0.5) is 5.69 Å². The summed E-state index contributed by atoms with van der Waals surface area (Å²) in [7, 11) is 0. The number of amides is 1. The molecule has 0 saturated carbocycles. The van der Waals surface area contributed by atoms with Gasteiger partial charge in [-0.3, -0.25) is 4.79 Å². The van der Waals surface area contributed by atoms with Gasteiger partial charge in [0.1, 0.15) is 0 Å². The second-order valence-electron chi connectivity index (χ2n) is 2.73. The number of hydrogen-bond donors (Lipinski definition) is 2. The van der Waals surface area contributed by atoms with Crippen LogP contribution in [0.3, 0.4) is 0 Å². The number of anilines is 1. The largest absolute Gasteiger partial charge is 0.329 e. The molecule has 0 bridgehead atoms. The molecule has 1 amide bonds. The van der Waals surface area contributed by atoms with Crippen molar-refractivity contribution in [3.63, 3.8) is 0 Å². The van der Waals surface area contributed by atoms with E-state index >= 15 is 0 Å². The van der Waals surface area contributed by atoms with Crippen molar-refractivity contribution in [1.29, 1.82) is 0 Å². The van der Waals surface area contributed by atoms with Crippen molar-refractivity contribution >= 4 is 24.3 Å². The fraction of sp³-hybridized carbons (Fsp3) is 0. The molecule has 0 fully saturated rings. The summed E-state index contributed by atoms with van der Waals surface area (Å²) in [5, 5.41) is 12.4. The molecule has 0 aliphatic heterocycles. The zero-order valence-corrected chi connectivity index (χ0v) is 8.36. The maximum atomic E-state index is 10.3. The van der Waals surface area contributed by atoms with E-state index in [1.165, 1.54) is 4.68 Å². The fourth-order valence-electron chi connectivity index (χ4n) is 1.17. The Kier molecular flexibility index (Phi) is 2.55. The van der Waals surface area contributed by atoms with Gasteiger partial charge in [0.15, 0.2) is 0 Å². The summed E-state index contributed by atoms with van der Waals surface area (Å²) in [6.07, 6.45) is 0.615. The molecule has 2 N–H and O–H groups in total. The van der Waals surface area contributed by atoms with Gasteiger partial charge in [-0.15, -0.1) is 0 Å². The van der Waals surface area contributed by atoms with Crippen LogP contribution < -0.4 is 5.32 Å². The van der Waals surface area contributed by atoms with Crippen molar-refractivity contribution in [3.05, 3.63) is 29.0 Å². The third-order valence-electron chi connectivity index (χ3n) is 1.80. The second kappa shape index (κ2) is 4.01. The van der Waals surface area contributed by atoms with E-state index < -0.39 is 0 Å². The van der Waals surface area contributed by atoms with E-state index in [1.54, 1.807) is 18.2 Å². The number of benzene rings is 1. The predicted molar refractivity (Wildman–Crippen MR) is 56.2 cm³/mol. The number of aromatic amines is 1. The number of nitrogens with zero attached hydrogens (tertiary/aromatic N) is 3. The highest BCUT2D eigenvalue weighted by Crippen LogP contribution is 2.12. The zero-order valence-electron chi connectivity index (χ0n) is 7.54. The molecule has 0 radical (unpaired) electrons. The number of H-pyrrole nitrogens is 1. The Hall–Kier alpha value is -2.02. The Balaban J connectivity index is 2.45. The van der Waals surface area contributed by atoms with E-state index in [0.717, 1.165) is 5.69 Å². The average molecular weight is 221 g/mol. The molecule has 1 heterocycles. The van der Waals surface area contributed by atoms with Crippen LogP contribution in [-0.2, 0) is 4.79 Å². The third-order valence-corrected chi connectivity index (χ3v) is 2.07. The maximum Gasteiger partial charge on any atom is 0.242 e. The van der Waals surface area contributed by atoms with Crippen molar-refractivity contribution in [2.45, 2.75) is 0 Å². The number of hydrogen-bond acceptors (Lipinski definition) is 4. The van der Waals surface area contributed by atoms with Crippen LogP contribution in [0, 0.1) is 4.77 Å². The van der Waals surface area contributed by atoms with Crippen molar-refractivity contribution in [2.24, 2.45) is 0 Å². The number of nitrogens with one attached hydrogen (secondary N) is 2. The van der Waals surface area contributed by atoms with Gasteiger partial charge in [-0.1, -0.05) is 16.4 Å². The predicted octanol–water partition coefficient (Wildman–Crippen LogP) is 0.893. The molecule has 2 rings (SSSR count). The summed E-state index contributed by atoms with van der Waals surface area (Å²) in [5.41, 5.74) is 1.44. The quantitative estimate of drug-likeness (QED) is 0.596. The molecular weight excluding hydrogens is 214 g/mol. The molecule has 15 heavy (non-hydrogen) atoms. The lowest BCUT2D eigenvalue weighted by molar-refractivity contribution is -0.105. The lowest BCUT2D eigenvalue weighted by Gasteiger charge is -2.03. The molecule has 7 heteroatoms. The van der Waals surface area contributed by atoms with Crippen molar-refractivity contribution in [3.8, 4) is 5.69 Å². The summed E-state index contributed by atoms with van der Waals surface area (Å²) in [6.45, 7) is 0. The van der Waals surface area contributed by atoms with E-state index in [0.29, 0.717) is 16.9 Å². The summed E-state index contributed by atoms with van der Waals surface area (Å²) in [6, 6.07) is 7.14. The van der Waals surface area contributed by atoms with Gasteiger partial charge in [0.05, 0.1) is 5.69 Å². The van der Waals surface area contributed by atoms with Gasteiger partial charge in [-0.05, 0) is 30.4 Å². The molecule has 1 aromatic heterocycles. The number of carbonyl (C=O) groups excluding carboxylic acids is 1. The SMILES string of the molecule is O=CNc1cccc(-n2[nH]nnc2=S)c1. The Bertz CT molecular complexity index is 532. The number of rotatable bonds is 3. The minimum atomic E-state index is 0.332. The van der Waals surface area contributed by atoms with Gasteiger partial charge >= 0.3 is 0 Å². The van der Waals surface area contributed by atoms with E-state index in [9.17, 15) is 4.79 Å². The molecule has 0 aliphatic rings. The normalized spacial score (nSPS) is 9.87. The van der Waals surface area contributed by atoms with Crippen LogP contribution in [0.2, 0.25) is 0 Å². The standard InChI is InChI=1S/C8H7N5OS/c14-5-9-6-2-1-3-7(4-6)13-8(15)10-11-12-13/h1-5H,(H,9,14)(H,10,12,15). The van der Waals surface area contributed by atoms with E-state index in [2.05, 4.69) is 20.8 Å². The van der Waals surface area contributed by atoms with Gasteiger partial charge < -0.3 is 5.32 Å². The molecule has 0 spiro atoms. The third kappa shape index (κ3) is 1.91. The Labute approximate surface area is 89.9 Å². The number of aromatic nitrogens is 4. The molecule has 0 unspecified atom stereocenters. The first-order valence-corrected chi connectivity index (χ1v) is 4.53. The van der Waals surface area contributed by atoms with Crippen LogP contribution in [-0.4, -0.2) is 26.6 Å². The first-order chi connectivity index (χ1) is 7.31. The molecule has 1 aromatic carbocycles. The smallest absolute Gasteiger partial charge is 0.242 e. The minimum absolute atomic E-state index is 0.332. The lowest BCUT2D eigenvalue weighted by Crippen LogP contribution is -1.99. The zero-order chi connectivity index (χ0) is 10.7. The first kappa shape index (κ1) is 9.53. The Morgan fingerprint density at radius 3 is 3.07 bits per heavy atom. The minimum Gasteiger partial charge on any atom is -0.329 e. The number of carbonyl (C=O) groups is 1. The van der Waals surface area contributed by atoms with Crippen LogP contribution in [0.15, 0.2) is 24.3 Å². The number of tetrazole rings is 1. The van der Waals surface area contributed by atoms with E-state index in [-0.39, 0.29) is 0 Å². The summed E-state index contributed by atoms with van der Waals surface area (Å²) in [5.74, 6) is 0. The molecule has 2 aromatic rings. The molecular formula is C8H7N5OS. The van der Waals surface area contributed by atoms with Crippen LogP contribution in [0.25, 0.3) is 5.69 Å². The second-order valence-corrected chi connectivity index (χ2v) is 3.10. The average Bonchev–Trinajstić information content (AvgIpc) is 2.65. The highest BCUT2D eigenvalue weighted by atomic mass is 32.1. The van der Waals surface area contributed by atoms with Crippen LogP contribution in [0.1, 0.15) is 0 Å². The van der Waals surface area contributed by atoms with Crippen molar-refractivity contribution in [2.75, 3.05) is 5.32 Å². The lowest BCUT2D eigenvalue weighted by atomic mass is 10.3. The van der Waals surface area contributed by atoms with Gasteiger partial charge in [0.2, 0.25) is 11.2 Å². The molecule has 0 atom stereocenters. The molecule has 0 saturated heterocycles. The van der Waals surface area contributed by atoms with E-state index in [1.807, 2.05) is 6.07 Å². The van der Waals surface area contributed by atoms with Gasteiger partial charge in [-0.25, -0.2) is 4.68 Å². The molecule has 76 valence electrons. The fourth-order valence-corrected chi connectivity index (χ4v) is 1.36. The van der Waals surface area contributed by atoms with Gasteiger partial charge in [0, 0.05) is 5.69 Å². The maximum absolute atomic E-state index is 10.3. The van der Waals surface area contributed by atoms with Crippen molar-refractivity contribution in [1.82, 2.24) is 20.2 Å². The van der Waals surface area contributed by atoms with Crippen LogP contribution in [0.5, 0.6) is 0 Å². The van der Waals surface area contributed by atoms with E-state index in [4.69, 9.17) is 12.2 Å². The summed E-state index contributed by atoms with van der Waals surface area (Å²) >= 11 is 4.94. The van der Waals surface area contributed by atoms with Gasteiger partial charge in [-0.2, -0.15) is 5.21 Å². The highest BCUT2D eigenvalue weighted by molar-refractivity contribution is 7.71. The van der Waals surface area contributed by atoms with Crippen LogP contribution >= 0.6 is 12.2 Å². The molecule has 6 nitrogen and oxygen atoms in total. The Morgan fingerprint density at radius 1 is 1.53 bits per heavy atom. The Morgan fingerprint density at radius 2 is 2.40 bits per heavy atom. The van der Waals surface area contributed by atoms with Crippen molar-refractivity contribution < 1.29 is 4.79 Å². The highest BCUT2D eigenvalue weighted by Gasteiger charge is 2.00.